The van der Waals surface area contributed by atoms with Gasteiger partial charge in [-0.05, 0) is 6.42 Å². The van der Waals surface area contributed by atoms with Crippen molar-refractivity contribution in [3.8, 4) is 0 Å². The molecule has 0 aliphatic carbocycles. The SMILES string of the molecule is CCCCCCCCCCCCCCCCS(=O)(=O)Cl. The Morgan fingerprint density at radius 1 is 0.600 bits per heavy atom. The van der Waals surface area contributed by atoms with Crippen molar-refractivity contribution in [2.45, 2.75) is 96.8 Å². The number of hydrogen-bond acceptors (Lipinski definition) is 2. The van der Waals surface area contributed by atoms with E-state index in [1.165, 1.54) is 70.6 Å². The average Bonchev–Trinajstić information content (AvgIpc) is 2.38. The highest BCUT2D eigenvalue weighted by Crippen LogP contribution is 2.13. The van der Waals surface area contributed by atoms with E-state index in [2.05, 4.69) is 6.92 Å². The third-order valence-electron chi connectivity index (χ3n) is 3.74. The van der Waals surface area contributed by atoms with E-state index in [0.29, 0.717) is 6.42 Å². The van der Waals surface area contributed by atoms with Crippen LogP contribution < -0.4 is 0 Å². The molecule has 0 aromatic heterocycles. The number of hydrogen-bond donors (Lipinski definition) is 0. The molecule has 2 nitrogen and oxygen atoms in total. The van der Waals surface area contributed by atoms with Gasteiger partial charge in [-0.3, -0.25) is 0 Å². The normalized spacial score (nSPS) is 11.9. The molecule has 0 rings (SSSR count). The molecule has 0 bridgehead atoms. The molecular formula is C16H33ClO2S. The molecule has 0 unspecified atom stereocenters. The van der Waals surface area contributed by atoms with E-state index in [9.17, 15) is 8.42 Å². The van der Waals surface area contributed by atoms with Gasteiger partial charge < -0.3 is 0 Å². The maximum absolute atomic E-state index is 10.7. The van der Waals surface area contributed by atoms with E-state index < -0.39 is 9.05 Å². The first kappa shape index (κ1) is 20.2. The Kier molecular flexibility index (Phi) is 14.4. The van der Waals surface area contributed by atoms with Crippen molar-refractivity contribution >= 4 is 19.7 Å². The van der Waals surface area contributed by atoms with Gasteiger partial charge in [0.15, 0.2) is 0 Å². The molecule has 0 aromatic rings. The van der Waals surface area contributed by atoms with Crippen LogP contribution in [0.25, 0.3) is 0 Å². The molecule has 0 atom stereocenters. The fraction of sp³-hybridized carbons (Fsp3) is 1.00. The van der Waals surface area contributed by atoms with Gasteiger partial charge in [0.25, 0.3) is 0 Å². The minimum Gasteiger partial charge on any atom is -0.212 e. The van der Waals surface area contributed by atoms with Gasteiger partial charge in [-0.15, -0.1) is 0 Å². The Morgan fingerprint density at radius 3 is 1.20 bits per heavy atom. The van der Waals surface area contributed by atoms with Gasteiger partial charge in [0, 0.05) is 10.7 Å². The van der Waals surface area contributed by atoms with Crippen LogP contribution in [-0.2, 0) is 9.05 Å². The average molecular weight is 325 g/mol. The summed E-state index contributed by atoms with van der Waals surface area (Å²) in [5.74, 6) is 0.132. The second-order valence-electron chi connectivity index (χ2n) is 5.84. The van der Waals surface area contributed by atoms with E-state index >= 15 is 0 Å². The minimum atomic E-state index is -3.27. The number of halogens is 1. The molecule has 0 radical (unpaired) electrons. The van der Waals surface area contributed by atoms with Gasteiger partial charge in [0.1, 0.15) is 0 Å². The molecule has 0 aliphatic heterocycles. The Labute approximate surface area is 131 Å². The lowest BCUT2D eigenvalue weighted by molar-refractivity contribution is 0.537. The van der Waals surface area contributed by atoms with Crippen LogP contribution in [0.4, 0.5) is 0 Å². The van der Waals surface area contributed by atoms with Crippen molar-refractivity contribution in [1.29, 1.82) is 0 Å². The molecule has 4 heteroatoms. The molecule has 0 saturated heterocycles. The molecular weight excluding hydrogens is 292 g/mol. The predicted octanol–water partition coefficient (Wildman–Crippen LogP) is 6.04. The summed E-state index contributed by atoms with van der Waals surface area (Å²) in [6.45, 7) is 2.26. The highest BCUT2D eigenvalue weighted by atomic mass is 35.7. The standard InChI is InChI=1S/C16H33ClO2S/c1-2-3-4-5-6-7-8-9-10-11-12-13-14-15-16-20(17,18)19/h2-16H2,1H3. The number of rotatable bonds is 15. The lowest BCUT2D eigenvalue weighted by atomic mass is 10.0. The largest absolute Gasteiger partial charge is 0.232 e. The van der Waals surface area contributed by atoms with Crippen molar-refractivity contribution in [3.05, 3.63) is 0 Å². The molecule has 0 spiro atoms. The summed E-state index contributed by atoms with van der Waals surface area (Å²) in [4.78, 5) is 0. The second kappa shape index (κ2) is 14.2. The third-order valence-corrected chi connectivity index (χ3v) is 4.98. The molecule has 0 N–H and O–H groups in total. The summed E-state index contributed by atoms with van der Waals surface area (Å²) in [5.41, 5.74) is 0. The van der Waals surface area contributed by atoms with Crippen LogP contribution in [0.15, 0.2) is 0 Å². The fourth-order valence-electron chi connectivity index (χ4n) is 2.47. The van der Waals surface area contributed by atoms with Crippen molar-refractivity contribution < 1.29 is 8.42 Å². The van der Waals surface area contributed by atoms with Crippen molar-refractivity contribution in [1.82, 2.24) is 0 Å². The van der Waals surface area contributed by atoms with Crippen LogP contribution in [0.2, 0.25) is 0 Å². The van der Waals surface area contributed by atoms with Gasteiger partial charge in [0.2, 0.25) is 9.05 Å². The zero-order valence-corrected chi connectivity index (χ0v) is 14.8. The molecule has 0 fully saturated rings. The van der Waals surface area contributed by atoms with Gasteiger partial charge >= 0.3 is 0 Å². The summed E-state index contributed by atoms with van der Waals surface area (Å²) in [6.07, 6.45) is 17.8. The van der Waals surface area contributed by atoms with Gasteiger partial charge in [-0.25, -0.2) is 8.42 Å². The quantitative estimate of drug-likeness (QED) is 0.272. The maximum Gasteiger partial charge on any atom is 0.232 e. The van der Waals surface area contributed by atoms with E-state index in [4.69, 9.17) is 10.7 Å². The van der Waals surface area contributed by atoms with Crippen LogP contribution in [0.5, 0.6) is 0 Å². The van der Waals surface area contributed by atoms with Gasteiger partial charge in [0.05, 0.1) is 5.75 Å². The van der Waals surface area contributed by atoms with Crippen molar-refractivity contribution in [2.75, 3.05) is 5.75 Å². The molecule has 0 amide bonds. The molecule has 20 heavy (non-hydrogen) atoms. The van der Waals surface area contributed by atoms with Crippen LogP contribution >= 0.6 is 10.7 Å². The van der Waals surface area contributed by atoms with Gasteiger partial charge in [-0.2, -0.15) is 0 Å². The zero-order chi connectivity index (χ0) is 15.1. The number of unbranched alkanes of at least 4 members (excludes halogenated alkanes) is 13. The summed E-state index contributed by atoms with van der Waals surface area (Å²) >= 11 is 0. The highest BCUT2D eigenvalue weighted by Gasteiger charge is 2.03. The lowest BCUT2D eigenvalue weighted by Gasteiger charge is -2.02. The highest BCUT2D eigenvalue weighted by molar-refractivity contribution is 8.13. The van der Waals surface area contributed by atoms with Gasteiger partial charge in [-0.1, -0.05) is 90.4 Å². The summed E-state index contributed by atoms with van der Waals surface area (Å²) in [5, 5.41) is 0. The maximum atomic E-state index is 10.7. The van der Waals surface area contributed by atoms with Crippen LogP contribution in [-0.4, -0.2) is 14.2 Å². The molecule has 122 valence electrons. The Balaban J connectivity index is 3.03. The predicted molar refractivity (Wildman–Crippen MR) is 90.0 cm³/mol. The van der Waals surface area contributed by atoms with E-state index in [-0.39, 0.29) is 5.75 Å². The van der Waals surface area contributed by atoms with E-state index in [1.807, 2.05) is 0 Å². The molecule has 0 aliphatic rings. The monoisotopic (exact) mass is 324 g/mol. The second-order valence-corrected chi connectivity index (χ2v) is 8.74. The first-order valence-corrected chi connectivity index (χ1v) is 11.0. The zero-order valence-electron chi connectivity index (χ0n) is 13.2. The molecule has 0 heterocycles. The summed E-state index contributed by atoms with van der Waals surface area (Å²) < 4.78 is 21.4. The fourth-order valence-corrected chi connectivity index (χ4v) is 3.35. The van der Waals surface area contributed by atoms with Crippen molar-refractivity contribution in [3.63, 3.8) is 0 Å². The van der Waals surface area contributed by atoms with E-state index in [0.717, 1.165) is 12.8 Å². The molecule has 0 aromatic carbocycles. The lowest BCUT2D eigenvalue weighted by Crippen LogP contribution is -1.96. The third kappa shape index (κ3) is 18.2. The Morgan fingerprint density at radius 2 is 0.900 bits per heavy atom. The first-order chi connectivity index (χ1) is 9.56. The Bertz CT molecular complexity index is 289. The van der Waals surface area contributed by atoms with Crippen LogP contribution in [0.1, 0.15) is 96.8 Å². The minimum absolute atomic E-state index is 0.132. The Hall–Kier alpha value is 0.240. The summed E-state index contributed by atoms with van der Waals surface area (Å²) in [6, 6.07) is 0. The topological polar surface area (TPSA) is 34.1 Å². The smallest absolute Gasteiger partial charge is 0.212 e. The molecule has 0 saturated carbocycles. The summed E-state index contributed by atoms with van der Waals surface area (Å²) in [7, 11) is 1.89. The van der Waals surface area contributed by atoms with E-state index in [1.54, 1.807) is 0 Å². The van der Waals surface area contributed by atoms with Crippen LogP contribution in [0.3, 0.4) is 0 Å². The van der Waals surface area contributed by atoms with Crippen LogP contribution in [0, 0.1) is 0 Å². The van der Waals surface area contributed by atoms with Crippen molar-refractivity contribution in [2.24, 2.45) is 0 Å². The first-order valence-electron chi connectivity index (χ1n) is 8.48.